The Hall–Kier alpha value is -1.42. The van der Waals surface area contributed by atoms with Gasteiger partial charge in [0, 0.05) is 5.02 Å². The molecule has 0 aliphatic heterocycles. The number of halogens is 1. The smallest absolute Gasteiger partial charge is 0.316 e. The minimum absolute atomic E-state index is 0.295. The molecule has 2 radical (unpaired) electrons. The van der Waals surface area contributed by atoms with Gasteiger partial charge < -0.3 is 15.8 Å². The summed E-state index contributed by atoms with van der Waals surface area (Å²) in [6.45, 7) is 0. The van der Waals surface area contributed by atoms with Crippen molar-refractivity contribution in [3.8, 4) is 5.75 Å². The highest BCUT2D eigenvalue weighted by atomic mass is 35.5. The number of hydrogen-bond donors (Lipinski definition) is 2. The molecule has 0 atom stereocenters. The zero-order chi connectivity index (χ0) is 9.84. The predicted molar refractivity (Wildman–Crippen MR) is 49.6 cm³/mol. The molecule has 68 valence electrons. The van der Waals surface area contributed by atoms with Crippen LogP contribution in [0.2, 0.25) is 5.02 Å². The minimum atomic E-state index is -0.708. The van der Waals surface area contributed by atoms with Gasteiger partial charge in [-0.25, -0.2) is 4.79 Å². The van der Waals surface area contributed by atoms with E-state index in [1.165, 1.54) is 12.1 Å². The van der Waals surface area contributed by atoms with Crippen molar-refractivity contribution in [2.45, 2.75) is 0 Å². The fourth-order valence-corrected chi connectivity index (χ4v) is 1.01. The average Bonchev–Trinajstić information content (AvgIpc) is 2.03. The van der Waals surface area contributed by atoms with E-state index in [-0.39, 0.29) is 0 Å². The van der Waals surface area contributed by atoms with Crippen LogP contribution in [0.1, 0.15) is 0 Å². The Labute approximate surface area is 80.6 Å². The molecular formula is C8H7ClN2O2. The van der Waals surface area contributed by atoms with Gasteiger partial charge in [0.25, 0.3) is 0 Å². The van der Waals surface area contributed by atoms with Gasteiger partial charge in [-0.1, -0.05) is 11.6 Å². The van der Waals surface area contributed by atoms with E-state index in [4.69, 9.17) is 24.4 Å². The van der Waals surface area contributed by atoms with Crippen LogP contribution in [0.4, 0.5) is 10.5 Å². The number of nitrogens with two attached hydrogens (primary N) is 1. The van der Waals surface area contributed by atoms with Crippen molar-refractivity contribution in [2.24, 2.45) is 5.73 Å². The molecule has 0 saturated carbocycles. The standard InChI is InChI=1S/C8H7ClN2O2/c1-13-7-3-2-5(9)4-6(7)11-8(10)12/h1-4H,(H3,10,11,12). The van der Waals surface area contributed by atoms with Gasteiger partial charge in [-0.3, -0.25) is 0 Å². The highest BCUT2D eigenvalue weighted by molar-refractivity contribution is 6.31. The third-order valence-corrected chi connectivity index (χ3v) is 1.56. The Morgan fingerprint density at radius 3 is 2.85 bits per heavy atom. The molecule has 0 bridgehead atoms. The number of hydrogen-bond acceptors (Lipinski definition) is 2. The van der Waals surface area contributed by atoms with Crippen molar-refractivity contribution in [3.05, 3.63) is 30.3 Å². The highest BCUT2D eigenvalue weighted by Crippen LogP contribution is 2.27. The van der Waals surface area contributed by atoms with Gasteiger partial charge >= 0.3 is 6.03 Å². The lowest BCUT2D eigenvalue weighted by atomic mass is 10.3. The molecule has 1 aromatic carbocycles. The van der Waals surface area contributed by atoms with Gasteiger partial charge in [-0.05, 0) is 18.2 Å². The minimum Gasteiger partial charge on any atom is -0.480 e. The zero-order valence-corrected chi connectivity index (χ0v) is 7.34. The van der Waals surface area contributed by atoms with Crippen LogP contribution in [0.5, 0.6) is 5.75 Å². The summed E-state index contributed by atoms with van der Waals surface area (Å²) in [5.74, 6) is 0.295. The summed E-state index contributed by atoms with van der Waals surface area (Å²) in [7, 11) is 4.94. The molecule has 4 nitrogen and oxygen atoms in total. The summed E-state index contributed by atoms with van der Waals surface area (Å²) >= 11 is 5.67. The van der Waals surface area contributed by atoms with Crippen LogP contribution in [-0.2, 0) is 0 Å². The van der Waals surface area contributed by atoms with Gasteiger partial charge in [0.1, 0.15) is 5.75 Å². The van der Waals surface area contributed by atoms with Crippen molar-refractivity contribution in [2.75, 3.05) is 5.32 Å². The lowest BCUT2D eigenvalue weighted by Crippen LogP contribution is -2.19. The largest absolute Gasteiger partial charge is 0.480 e. The molecule has 1 rings (SSSR count). The number of carbonyl (C=O) groups excluding carboxylic acids is 1. The molecule has 0 unspecified atom stereocenters. The van der Waals surface area contributed by atoms with Crippen molar-refractivity contribution in [1.82, 2.24) is 0 Å². The van der Waals surface area contributed by atoms with E-state index in [1.807, 2.05) is 0 Å². The van der Waals surface area contributed by atoms with E-state index >= 15 is 0 Å². The van der Waals surface area contributed by atoms with Gasteiger partial charge in [0.15, 0.2) is 7.11 Å². The van der Waals surface area contributed by atoms with E-state index in [1.54, 1.807) is 6.07 Å². The lowest BCUT2D eigenvalue weighted by molar-refractivity contribution is 0.259. The average molecular weight is 199 g/mol. The Morgan fingerprint density at radius 1 is 1.62 bits per heavy atom. The van der Waals surface area contributed by atoms with E-state index < -0.39 is 6.03 Å². The maximum atomic E-state index is 10.5. The summed E-state index contributed by atoms with van der Waals surface area (Å²) in [5, 5.41) is 2.76. The van der Waals surface area contributed by atoms with Crippen LogP contribution in [0.3, 0.4) is 0 Å². The molecule has 5 heteroatoms. The predicted octanol–water partition coefficient (Wildman–Crippen LogP) is 1.88. The highest BCUT2D eigenvalue weighted by Gasteiger charge is 2.04. The fourth-order valence-electron chi connectivity index (χ4n) is 0.835. The molecule has 0 fully saturated rings. The summed E-state index contributed by atoms with van der Waals surface area (Å²) < 4.78 is 4.47. The molecule has 0 saturated heterocycles. The van der Waals surface area contributed by atoms with Crippen molar-refractivity contribution in [3.63, 3.8) is 0 Å². The summed E-state index contributed by atoms with van der Waals surface area (Å²) in [6.07, 6.45) is 0. The molecule has 0 heterocycles. The van der Waals surface area contributed by atoms with Gasteiger partial charge in [-0.2, -0.15) is 0 Å². The quantitative estimate of drug-likeness (QED) is 0.762. The second-order valence-corrected chi connectivity index (χ2v) is 2.68. The second kappa shape index (κ2) is 4.00. The number of primary amides is 1. The van der Waals surface area contributed by atoms with E-state index in [2.05, 4.69) is 10.1 Å². The van der Waals surface area contributed by atoms with Crippen LogP contribution in [-0.4, -0.2) is 6.03 Å². The normalized spacial score (nSPS) is 9.38. The maximum absolute atomic E-state index is 10.5. The van der Waals surface area contributed by atoms with E-state index in [9.17, 15) is 4.79 Å². The van der Waals surface area contributed by atoms with Gasteiger partial charge in [-0.15, -0.1) is 0 Å². The monoisotopic (exact) mass is 198 g/mol. The fraction of sp³-hybridized carbons (Fsp3) is 0. The van der Waals surface area contributed by atoms with Crippen molar-refractivity contribution in [1.29, 1.82) is 0 Å². The molecule has 0 aromatic heterocycles. The molecule has 13 heavy (non-hydrogen) atoms. The molecule has 0 spiro atoms. The van der Waals surface area contributed by atoms with Crippen LogP contribution in [0.15, 0.2) is 18.2 Å². The molecule has 2 amide bonds. The Morgan fingerprint density at radius 2 is 2.31 bits per heavy atom. The zero-order valence-electron chi connectivity index (χ0n) is 6.58. The van der Waals surface area contributed by atoms with Crippen LogP contribution < -0.4 is 15.8 Å². The number of carbonyl (C=O) groups is 1. The molecule has 0 aliphatic carbocycles. The second-order valence-electron chi connectivity index (χ2n) is 2.25. The van der Waals surface area contributed by atoms with E-state index in [0.29, 0.717) is 16.5 Å². The summed E-state index contributed by atoms with van der Waals surface area (Å²) in [4.78, 5) is 10.5. The molecule has 1 aromatic rings. The lowest BCUT2D eigenvalue weighted by Gasteiger charge is -2.07. The van der Waals surface area contributed by atoms with Gasteiger partial charge in [0.2, 0.25) is 0 Å². The topological polar surface area (TPSA) is 64.3 Å². The third kappa shape index (κ3) is 2.52. The van der Waals surface area contributed by atoms with Gasteiger partial charge in [0.05, 0.1) is 5.69 Å². The first-order valence-corrected chi connectivity index (χ1v) is 3.74. The number of nitrogens with one attached hydrogen (secondary N) is 1. The van der Waals surface area contributed by atoms with E-state index in [0.717, 1.165) is 0 Å². The first-order chi connectivity index (χ1) is 6.13. The van der Waals surface area contributed by atoms with Crippen molar-refractivity contribution >= 4 is 23.3 Å². The maximum Gasteiger partial charge on any atom is 0.316 e. The SMILES string of the molecule is [CH]Oc1ccc(Cl)cc1NC(N)=O. The number of ether oxygens (including phenoxy) is 1. The Kier molecular flexibility index (Phi) is 2.97. The first kappa shape index (κ1) is 9.67. The Bertz CT molecular complexity index is 328. The third-order valence-electron chi connectivity index (χ3n) is 1.33. The summed E-state index contributed by atoms with van der Waals surface area (Å²) in [6, 6.07) is 3.87. The van der Waals surface area contributed by atoms with Crippen LogP contribution in [0.25, 0.3) is 0 Å². The van der Waals surface area contributed by atoms with Crippen molar-refractivity contribution < 1.29 is 9.53 Å². The first-order valence-electron chi connectivity index (χ1n) is 3.36. The number of rotatable bonds is 2. The van der Waals surface area contributed by atoms with Crippen LogP contribution in [0, 0.1) is 7.11 Å². The molecule has 3 N–H and O–H groups in total. The number of amides is 2. The number of benzene rings is 1. The molecule has 0 aliphatic rings. The van der Waals surface area contributed by atoms with Crippen LogP contribution >= 0.6 is 11.6 Å². The molecular weight excluding hydrogens is 192 g/mol. The Balaban J connectivity index is 3.01. The number of urea groups is 1. The summed E-state index contributed by atoms with van der Waals surface area (Å²) in [5.41, 5.74) is 5.24. The number of anilines is 1.